The number of amides is 1. The van der Waals surface area contributed by atoms with Gasteiger partial charge in [0.05, 0.1) is 6.61 Å². The molecule has 1 amide bonds. The van der Waals surface area contributed by atoms with Gasteiger partial charge in [0.2, 0.25) is 0 Å². The lowest BCUT2D eigenvalue weighted by Crippen LogP contribution is -2.36. The van der Waals surface area contributed by atoms with Crippen molar-refractivity contribution in [2.45, 2.75) is 58.1 Å². The Labute approximate surface area is 141 Å². The van der Waals surface area contributed by atoms with Crippen LogP contribution in [0.15, 0.2) is 0 Å². The molecule has 23 heavy (non-hydrogen) atoms. The Morgan fingerprint density at radius 1 is 1.43 bits per heavy atom. The number of nitrogens with one attached hydrogen (secondary N) is 1. The minimum atomic E-state index is -0.424. The molecule has 0 spiro atoms. The minimum Gasteiger partial charge on any atom is -0.444 e. The number of nitrogens with zero attached hydrogens (tertiary/aromatic N) is 1. The van der Waals surface area contributed by atoms with Crippen molar-refractivity contribution in [3.05, 3.63) is 0 Å². The van der Waals surface area contributed by atoms with Gasteiger partial charge in [0.25, 0.3) is 0 Å². The van der Waals surface area contributed by atoms with Gasteiger partial charge in [0.15, 0.2) is 0 Å². The molecule has 1 fully saturated rings. The zero-order chi connectivity index (χ0) is 17.3. The summed E-state index contributed by atoms with van der Waals surface area (Å²) in [5.41, 5.74) is 5.15. The van der Waals surface area contributed by atoms with E-state index in [1.807, 2.05) is 25.7 Å². The molecule has 1 heterocycles. The maximum atomic E-state index is 12.1. The predicted molar refractivity (Wildman–Crippen MR) is 92.5 cm³/mol. The van der Waals surface area contributed by atoms with Gasteiger partial charge in [-0.15, -0.1) is 0 Å². The van der Waals surface area contributed by atoms with Crippen molar-refractivity contribution >= 4 is 6.09 Å². The van der Waals surface area contributed by atoms with Crippen LogP contribution in [-0.4, -0.2) is 62.5 Å². The van der Waals surface area contributed by atoms with E-state index in [-0.39, 0.29) is 6.09 Å². The van der Waals surface area contributed by atoms with E-state index in [1.165, 1.54) is 0 Å². The first-order chi connectivity index (χ1) is 10.9. The molecule has 1 saturated heterocycles. The Kier molecular flexibility index (Phi) is 8.87. The fourth-order valence-electron chi connectivity index (χ4n) is 2.86. The van der Waals surface area contributed by atoms with Gasteiger partial charge in [0, 0.05) is 26.2 Å². The fourth-order valence-corrected chi connectivity index (χ4v) is 2.86. The molecule has 0 aromatic rings. The van der Waals surface area contributed by atoms with Crippen molar-refractivity contribution < 1.29 is 14.3 Å². The summed E-state index contributed by atoms with van der Waals surface area (Å²) < 4.78 is 10.7. The molecule has 0 radical (unpaired) electrons. The average molecular weight is 329 g/mol. The minimum absolute atomic E-state index is 0.187. The van der Waals surface area contributed by atoms with Crippen LogP contribution in [0, 0.1) is 5.92 Å². The third-order valence-electron chi connectivity index (χ3n) is 4.05. The van der Waals surface area contributed by atoms with E-state index in [0.29, 0.717) is 18.6 Å². The van der Waals surface area contributed by atoms with E-state index in [9.17, 15) is 4.79 Å². The van der Waals surface area contributed by atoms with Gasteiger partial charge in [-0.1, -0.05) is 0 Å². The highest BCUT2D eigenvalue weighted by Gasteiger charge is 2.29. The summed E-state index contributed by atoms with van der Waals surface area (Å²) >= 11 is 0. The quantitative estimate of drug-likeness (QED) is 0.676. The molecule has 2 unspecified atom stereocenters. The second-order valence-corrected chi connectivity index (χ2v) is 7.41. The van der Waals surface area contributed by atoms with Crippen LogP contribution in [0.25, 0.3) is 0 Å². The topological polar surface area (TPSA) is 76.8 Å². The van der Waals surface area contributed by atoms with Crippen molar-refractivity contribution in [1.29, 1.82) is 0 Å². The van der Waals surface area contributed by atoms with Crippen LogP contribution >= 0.6 is 0 Å². The van der Waals surface area contributed by atoms with Gasteiger partial charge >= 0.3 is 6.09 Å². The molecule has 6 nitrogen and oxygen atoms in total. The highest BCUT2D eigenvalue weighted by molar-refractivity contribution is 5.68. The number of rotatable bonds is 9. The standard InChI is InChI=1S/C17H35N3O3/c1-17(2,3)23-16(21)20-11-8-14(12-20)7-10-19-15(13-22-4)6-5-9-18/h14-15,19H,5-13,18H2,1-4H3. The maximum absolute atomic E-state index is 12.1. The van der Waals surface area contributed by atoms with E-state index < -0.39 is 5.60 Å². The van der Waals surface area contributed by atoms with Gasteiger partial charge in [-0.25, -0.2) is 4.79 Å². The van der Waals surface area contributed by atoms with Crippen LogP contribution in [0.1, 0.15) is 46.5 Å². The summed E-state index contributed by atoms with van der Waals surface area (Å²) in [5.74, 6) is 0.549. The normalized spacial score (nSPS) is 19.9. The van der Waals surface area contributed by atoms with E-state index in [2.05, 4.69) is 5.32 Å². The molecule has 3 N–H and O–H groups in total. The molecule has 0 aromatic carbocycles. The summed E-state index contributed by atoms with van der Waals surface area (Å²) in [7, 11) is 1.73. The number of carbonyl (C=O) groups is 1. The molecular formula is C17H35N3O3. The Hall–Kier alpha value is -0.850. The van der Waals surface area contributed by atoms with E-state index in [4.69, 9.17) is 15.2 Å². The Bertz CT molecular complexity index is 344. The van der Waals surface area contributed by atoms with Crippen molar-refractivity contribution in [2.24, 2.45) is 11.7 Å². The van der Waals surface area contributed by atoms with Crippen LogP contribution in [0.2, 0.25) is 0 Å². The molecule has 2 atom stereocenters. The summed E-state index contributed by atoms with van der Waals surface area (Å²) in [5, 5.41) is 3.55. The number of nitrogens with two attached hydrogens (primary N) is 1. The van der Waals surface area contributed by atoms with E-state index in [1.54, 1.807) is 7.11 Å². The lowest BCUT2D eigenvalue weighted by molar-refractivity contribution is 0.0287. The first kappa shape index (κ1) is 20.2. The molecule has 0 bridgehead atoms. The summed E-state index contributed by atoms with van der Waals surface area (Å²) in [4.78, 5) is 13.9. The van der Waals surface area contributed by atoms with Gasteiger partial charge in [-0.2, -0.15) is 0 Å². The Morgan fingerprint density at radius 2 is 2.17 bits per heavy atom. The van der Waals surface area contributed by atoms with Crippen LogP contribution in [0.5, 0.6) is 0 Å². The van der Waals surface area contributed by atoms with Crippen LogP contribution in [0.3, 0.4) is 0 Å². The molecule has 1 aliphatic heterocycles. The lowest BCUT2D eigenvalue weighted by atomic mass is 10.0. The molecule has 1 rings (SSSR count). The molecule has 1 aliphatic rings. The smallest absolute Gasteiger partial charge is 0.410 e. The van der Waals surface area contributed by atoms with Gasteiger partial charge < -0.3 is 25.4 Å². The number of methoxy groups -OCH3 is 1. The van der Waals surface area contributed by atoms with Crippen molar-refractivity contribution in [2.75, 3.05) is 39.9 Å². The second-order valence-electron chi connectivity index (χ2n) is 7.41. The first-order valence-corrected chi connectivity index (χ1v) is 8.76. The van der Waals surface area contributed by atoms with Crippen LogP contribution in [-0.2, 0) is 9.47 Å². The largest absolute Gasteiger partial charge is 0.444 e. The average Bonchev–Trinajstić information content (AvgIpc) is 2.92. The Balaban J connectivity index is 2.25. The Morgan fingerprint density at radius 3 is 2.78 bits per heavy atom. The maximum Gasteiger partial charge on any atom is 0.410 e. The van der Waals surface area contributed by atoms with Crippen molar-refractivity contribution in [3.8, 4) is 0 Å². The number of likely N-dealkylation sites (tertiary alicyclic amines) is 1. The number of carbonyl (C=O) groups excluding carboxylic acids is 1. The summed E-state index contributed by atoms with van der Waals surface area (Å²) in [6.07, 6.45) is 3.99. The third kappa shape index (κ3) is 8.53. The summed E-state index contributed by atoms with van der Waals surface area (Å²) in [6.45, 7) is 9.69. The second kappa shape index (κ2) is 10.1. The molecule has 6 heteroatoms. The number of hydrogen-bond donors (Lipinski definition) is 2. The van der Waals surface area contributed by atoms with Crippen LogP contribution in [0.4, 0.5) is 4.79 Å². The van der Waals surface area contributed by atoms with Crippen molar-refractivity contribution in [3.63, 3.8) is 0 Å². The van der Waals surface area contributed by atoms with E-state index >= 15 is 0 Å². The third-order valence-corrected chi connectivity index (χ3v) is 4.05. The number of ether oxygens (including phenoxy) is 2. The molecule has 0 aromatic heterocycles. The van der Waals surface area contributed by atoms with Gasteiger partial charge in [-0.3, -0.25) is 0 Å². The fraction of sp³-hybridized carbons (Fsp3) is 0.941. The van der Waals surface area contributed by atoms with Gasteiger partial charge in [0.1, 0.15) is 5.60 Å². The highest BCUT2D eigenvalue weighted by Crippen LogP contribution is 2.21. The lowest BCUT2D eigenvalue weighted by Gasteiger charge is -2.24. The van der Waals surface area contributed by atoms with E-state index in [0.717, 1.165) is 51.9 Å². The van der Waals surface area contributed by atoms with Crippen LogP contribution < -0.4 is 11.1 Å². The molecular weight excluding hydrogens is 294 g/mol. The summed E-state index contributed by atoms with van der Waals surface area (Å²) in [6, 6.07) is 0.368. The monoisotopic (exact) mass is 329 g/mol. The predicted octanol–water partition coefficient (Wildman–Crippen LogP) is 1.98. The zero-order valence-corrected chi connectivity index (χ0v) is 15.3. The molecule has 136 valence electrons. The number of hydrogen-bond acceptors (Lipinski definition) is 5. The van der Waals surface area contributed by atoms with Crippen molar-refractivity contribution in [1.82, 2.24) is 10.2 Å². The molecule has 0 aliphatic carbocycles. The zero-order valence-electron chi connectivity index (χ0n) is 15.3. The SMILES string of the molecule is COCC(CCCN)NCCC1CCN(C(=O)OC(C)(C)C)C1. The molecule has 0 saturated carbocycles. The first-order valence-electron chi connectivity index (χ1n) is 8.76. The highest BCUT2D eigenvalue weighted by atomic mass is 16.6. The van der Waals surface area contributed by atoms with Gasteiger partial charge in [-0.05, 0) is 65.5 Å².